The molecule has 27 heavy (non-hydrogen) atoms. The lowest BCUT2D eigenvalue weighted by molar-refractivity contribution is 0.0464. The molecule has 0 spiro atoms. The van der Waals surface area contributed by atoms with Gasteiger partial charge in [-0.25, -0.2) is 9.78 Å². The number of aromatic nitrogens is 3. The molecule has 0 saturated heterocycles. The molecule has 0 aliphatic rings. The summed E-state index contributed by atoms with van der Waals surface area (Å²) in [4.78, 5) is 28.9. The quantitative estimate of drug-likeness (QED) is 0.513. The van der Waals surface area contributed by atoms with Crippen LogP contribution in [0, 0.1) is 6.92 Å². The highest BCUT2D eigenvalue weighted by molar-refractivity contribution is 6.03. The Balaban J connectivity index is 1.57. The van der Waals surface area contributed by atoms with Crippen molar-refractivity contribution in [3.8, 4) is 11.3 Å². The van der Waals surface area contributed by atoms with E-state index in [0.29, 0.717) is 11.5 Å². The lowest BCUT2D eigenvalue weighted by Gasteiger charge is -2.02. The van der Waals surface area contributed by atoms with E-state index < -0.39 is 5.97 Å². The number of benzene rings is 1. The monoisotopic (exact) mass is 365 g/mol. The zero-order valence-electron chi connectivity index (χ0n) is 14.6. The van der Waals surface area contributed by atoms with Gasteiger partial charge in [-0.05, 0) is 6.92 Å². The van der Waals surface area contributed by atoms with Crippen molar-refractivity contribution < 1.29 is 18.5 Å². The summed E-state index contributed by atoms with van der Waals surface area (Å²) in [7, 11) is 1.55. The van der Waals surface area contributed by atoms with E-state index in [1.54, 1.807) is 20.0 Å². The molecule has 0 amide bonds. The van der Waals surface area contributed by atoms with Crippen LogP contribution in [0.5, 0.6) is 0 Å². The number of hydrogen-bond donors (Lipinski definition) is 0. The number of esters is 1. The number of aryl methyl sites for hydroxylation is 2. The SMILES string of the molecule is Cc1oc2ncn(C)c(=O)c2c1C(=O)OCc1cc(-c2ccccc2)on1. The second kappa shape index (κ2) is 6.56. The Hall–Kier alpha value is -3.68. The molecule has 0 radical (unpaired) electrons. The number of fused-ring (bicyclic) bond motifs is 1. The van der Waals surface area contributed by atoms with Gasteiger partial charge in [-0.15, -0.1) is 0 Å². The molecule has 4 aromatic rings. The Morgan fingerprint density at radius 1 is 1.26 bits per heavy atom. The summed E-state index contributed by atoms with van der Waals surface area (Å²) in [6.07, 6.45) is 1.34. The first-order valence-corrected chi connectivity index (χ1v) is 8.17. The van der Waals surface area contributed by atoms with Crippen molar-refractivity contribution in [3.63, 3.8) is 0 Å². The molecular weight excluding hydrogens is 350 g/mol. The van der Waals surface area contributed by atoms with E-state index in [1.165, 1.54) is 10.9 Å². The summed E-state index contributed by atoms with van der Waals surface area (Å²) in [6, 6.07) is 11.2. The van der Waals surface area contributed by atoms with E-state index in [9.17, 15) is 9.59 Å². The molecule has 0 atom stereocenters. The first-order valence-electron chi connectivity index (χ1n) is 8.17. The Morgan fingerprint density at radius 2 is 2.04 bits per heavy atom. The predicted octanol–water partition coefficient (Wildman–Crippen LogP) is 2.85. The van der Waals surface area contributed by atoms with Crippen LogP contribution in [0.2, 0.25) is 0 Å². The number of hydrogen-bond acceptors (Lipinski definition) is 7. The minimum Gasteiger partial charge on any atom is -0.455 e. The van der Waals surface area contributed by atoms with Crippen molar-refractivity contribution in [2.24, 2.45) is 7.05 Å². The van der Waals surface area contributed by atoms with Crippen LogP contribution in [0.1, 0.15) is 21.8 Å². The number of nitrogens with zero attached hydrogens (tertiary/aromatic N) is 3. The van der Waals surface area contributed by atoms with E-state index in [0.717, 1.165) is 5.56 Å². The predicted molar refractivity (Wildman–Crippen MR) is 95.0 cm³/mol. The molecule has 3 aromatic heterocycles. The van der Waals surface area contributed by atoms with Crippen LogP contribution in [0.25, 0.3) is 22.4 Å². The third-order valence-corrected chi connectivity index (χ3v) is 4.12. The number of carbonyl (C=O) groups is 1. The second-order valence-corrected chi connectivity index (χ2v) is 6.00. The second-order valence-electron chi connectivity index (χ2n) is 6.00. The fourth-order valence-electron chi connectivity index (χ4n) is 2.76. The van der Waals surface area contributed by atoms with E-state index in [2.05, 4.69) is 10.1 Å². The lowest BCUT2D eigenvalue weighted by atomic mass is 10.2. The van der Waals surface area contributed by atoms with E-state index >= 15 is 0 Å². The zero-order chi connectivity index (χ0) is 19.0. The van der Waals surface area contributed by atoms with Crippen molar-refractivity contribution >= 4 is 17.1 Å². The maximum atomic E-state index is 12.5. The summed E-state index contributed by atoms with van der Waals surface area (Å²) in [6.45, 7) is 1.49. The molecule has 0 saturated carbocycles. The zero-order valence-corrected chi connectivity index (χ0v) is 14.6. The first-order chi connectivity index (χ1) is 13.0. The van der Waals surface area contributed by atoms with E-state index in [-0.39, 0.29) is 34.6 Å². The van der Waals surface area contributed by atoms with Gasteiger partial charge in [0.05, 0.1) is 0 Å². The number of furan rings is 1. The molecular formula is C19H15N3O5. The van der Waals surface area contributed by atoms with Crippen molar-refractivity contribution in [2.45, 2.75) is 13.5 Å². The standard InChI is InChI=1S/C19H15N3O5/c1-11-15(16-17(26-11)20-10-22(2)18(16)23)19(24)25-9-13-8-14(27-21-13)12-6-4-3-5-7-12/h3-8,10H,9H2,1-2H3. The van der Waals surface area contributed by atoms with Gasteiger partial charge < -0.3 is 18.2 Å². The molecule has 0 aliphatic carbocycles. The summed E-state index contributed by atoms with van der Waals surface area (Å²) in [5, 5.41) is 4.01. The molecule has 3 heterocycles. The molecule has 0 bridgehead atoms. The van der Waals surface area contributed by atoms with E-state index in [4.69, 9.17) is 13.7 Å². The summed E-state index contributed by atoms with van der Waals surface area (Å²) >= 11 is 0. The van der Waals surface area contributed by atoms with Crippen LogP contribution in [-0.2, 0) is 18.4 Å². The van der Waals surface area contributed by atoms with Crippen LogP contribution >= 0.6 is 0 Å². The molecule has 8 heteroatoms. The van der Waals surface area contributed by atoms with Gasteiger partial charge in [0.1, 0.15) is 35.3 Å². The smallest absolute Gasteiger partial charge is 0.343 e. The van der Waals surface area contributed by atoms with Gasteiger partial charge in [-0.1, -0.05) is 35.5 Å². The van der Waals surface area contributed by atoms with Gasteiger partial charge in [-0.3, -0.25) is 4.79 Å². The summed E-state index contributed by atoms with van der Waals surface area (Å²) < 4.78 is 17.3. The normalized spacial score (nSPS) is 11.0. The molecule has 1 aromatic carbocycles. The fraction of sp³-hybridized carbons (Fsp3) is 0.158. The molecule has 4 rings (SSSR count). The van der Waals surface area contributed by atoms with Gasteiger partial charge in [0.25, 0.3) is 5.56 Å². The lowest BCUT2D eigenvalue weighted by Crippen LogP contribution is -2.19. The van der Waals surface area contributed by atoms with Crippen LogP contribution in [0.3, 0.4) is 0 Å². The Morgan fingerprint density at radius 3 is 2.81 bits per heavy atom. The molecule has 0 aliphatic heterocycles. The topological polar surface area (TPSA) is 100 Å². The van der Waals surface area contributed by atoms with Crippen molar-refractivity contribution in [3.05, 3.63) is 70.1 Å². The van der Waals surface area contributed by atoms with Gasteiger partial charge in [0.2, 0.25) is 5.71 Å². The highest BCUT2D eigenvalue weighted by Gasteiger charge is 2.24. The van der Waals surface area contributed by atoms with Gasteiger partial charge in [0, 0.05) is 18.7 Å². The number of ether oxygens (including phenoxy) is 1. The van der Waals surface area contributed by atoms with Gasteiger partial charge in [0.15, 0.2) is 5.76 Å². The maximum absolute atomic E-state index is 12.5. The van der Waals surface area contributed by atoms with Gasteiger partial charge >= 0.3 is 5.97 Å². The summed E-state index contributed by atoms with van der Waals surface area (Å²) in [5.74, 6) is 0.168. The number of carbonyl (C=O) groups excluding carboxylic acids is 1. The average Bonchev–Trinajstić information content (AvgIpc) is 3.28. The Labute approximate surface area is 153 Å². The van der Waals surface area contributed by atoms with Crippen LogP contribution in [-0.4, -0.2) is 20.7 Å². The van der Waals surface area contributed by atoms with Crippen molar-refractivity contribution in [1.82, 2.24) is 14.7 Å². The minimum absolute atomic E-state index is 0.0745. The molecule has 136 valence electrons. The van der Waals surface area contributed by atoms with Crippen LogP contribution in [0.4, 0.5) is 0 Å². The van der Waals surface area contributed by atoms with Crippen molar-refractivity contribution in [2.75, 3.05) is 0 Å². The Bertz CT molecular complexity index is 1190. The van der Waals surface area contributed by atoms with E-state index in [1.807, 2.05) is 30.3 Å². The minimum atomic E-state index is -0.680. The maximum Gasteiger partial charge on any atom is 0.343 e. The largest absolute Gasteiger partial charge is 0.455 e. The van der Waals surface area contributed by atoms with Gasteiger partial charge in [-0.2, -0.15) is 0 Å². The molecule has 0 N–H and O–H groups in total. The van der Waals surface area contributed by atoms with Crippen molar-refractivity contribution in [1.29, 1.82) is 0 Å². The molecule has 8 nitrogen and oxygen atoms in total. The fourth-order valence-corrected chi connectivity index (χ4v) is 2.76. The average molecular weight is 365 g/mol. The van der Waals surface area contributed by atoms with Crippen LogP contribution in [0.15, 0.2) is 56.5 Å². The molecule has 0 unspecified atom stereocenters. The number of rotatable bonds is 4. The van der Waals surface area contributed by atoms with Crippen LogP contribution < -0.4 is 5.56 Å². The third-order valence-electron chi connectivity index (χ3n) is 4.12. The highest BCUT2D eigenvalue weighted by Crippen LogP contribution is 2.23. The Kier molecular flexibility index (Phi) is 4.08. The molecule has 0 fully saturated rings. The first kappa shape index (κ1) is 16.8. The third kappa shape index (κ3) is 3.01. The summed E-state index contributed by atoms with van der Waals surface area (Å²) in [5.41, 5.74) is 1.13. The highest BCUT2D eigenvalue weighted by atomic mass is 16.5.